The number of aliphatic hydroxyl groups excluding tert-OH is 1. The lowest BCUT2D eigenvalue weighted by Crippen LogP contribution is -2.20. The minimum Gasteiger partial charge on any atom is -0.392 e. The number of rotatable bonds is 7. The Bertz CT molecular complexity index is 351. The number of nitrogens with zero attached hydrogens (tertiary/aromatic N) is 2. The van der Waals surface area contributed by atoms with E-state index in [-0.39, 0.29) is 6.10 Å². The molecule has 2 rings (SSSR count). The second-order valence-electron chi connectivity index (χ2n) is 4.97. The van der Waals surface area contributed by atoms with Crippen LogP contribution in [0.1, 0.15) is 50.7 Å². The van der Waals surface area contributed by atoms with Crippen molar-refractivity contribution in [2.24, 2.45) is 5.92 Å². The van der Waals surface area contributed by atoms with Crippen LogP contribution in [0, 0.1) is 5.92 Å². The predicted octanol–water partition coefficient (Wildman–Crippen LogP) is 2.81. The van der Waals surface area contributed by atoms with Crippen LogP contribution in [0.5, 0.6) is 0 Å². The molecule has 1 N–H and O–H groups in total. The summed E-state index contributed by atoms with van der Waals surface area (Å²) >= 11 is 1.82. The van der Waals surface area contributed by atoms with Crippen LogP contribution in [-0.4, -0.2) is 27.1 Å². The average Bonchev–Trinajstić information content (AvgIpc) is 3.00. The molecule has 102 valence electrons. The summed E-state index contributed by atoms with van der Waals surface area (Å²) in [5, 5.41) is 14.0. The number of aliphatic hydroxyl groups is 1. The van der Waals surface area contributed by atoms with Gasteiger partial charge in [0.25, 0.3) is 0 Å². The predicted molar refractivity (Wildman–Crippen MR) is 72.4 cm³/mol. The SMILES string of the molecule is CCCSCc1noc(CC(O)C2CCCC2)n1. The molecule has 0 aliphatic heterocycles. The molecule has 1 atom stereocenters. The molecule has 5 heteroatoms. The molecule has 1 aliphatic rings. The lowest BCUT2D eigenvalue weighted by atomic mass is 9.98. The molecule has 0 amide bonds. The van der Waals surface area contributed by atoms with Crippen molar-refractivity contribution in [3.63, 3.8) is 0 Å². The third-order valence-electron chi connectivity index (χ3n) is 3.42. The molecule has 1 aromatic rings. The van der Waals surface area contributed by atoms with Crippen LogP contribution in [0.15, 0.2) is 4.52 Å². The minimum atomic E-state index is -0.316. The third-order valence-corrected chi connectivity index (χ3v) is 4.58. The van der Waals surface area contributed by atoms with Gasteiger partial charge in [-0.25, -0.2) is 0 Å². The molecule has 0 saturated heterocycles. The lowest BCUT2D eigenvalue weighted by Gasteiger charge is -2.14. The molecule has 1 aromatic heterocycles. The summed E-state index contributed by atoms with van der Waals surface area (Å²) in [5.41, 5.74) is 0. The van der Waals surface area contributed by atoms with E-state index in [1.807, 2.05) is 11.8 Å². The fourth-order valence-corrected chi connectivity index (χ4v) is 3.16. The van der Waals surface area contributed by atoms with E-state index in [0.717, 1.165) is 36.6 Å². The Labute approximate surface area is 113 Å². The second-order valence-corrected chi connectivity index (χ2v) is 6.08. The lowest BCUT2D eigenvalue weighted by molar-refractivity contribution is 0.102. The van der Waals surface area contributed by atoms with Crippen LogP contribution in [-0.2, 0) is 12.2 Å². The zero-order chi connectivity index (χ0) is 12.8. The molecule has 1 saturated carbocycles. The summed E-state index contributed by atoms with van der Waals surface area (Å²) < 4.78 is 5.19. The van der Waals surface area contributed by atoms with Crippen molar-refractivity contribution in [1.82, 2.24) is 10.1 Å². The molecule has 1 aliphatic carbocycles. The van der Waals surface area contributed by atoms with Crippen LogP contribution in [0.2, 0.25) is 0 Å². The van der Waals surface area contributed by atoms with Gasteiger partial charge in [0.1, 0.15) is 0 Å². The van der Waals surface area contributed by atoms with Gasteiger partial charge in [-0.2, -0.15) is 16.7 Å². The summed E-state index contributed by atoms with van der Waals surface area (Å²) in [7, 11) is 0. The first-order valence-corrected chi connectivity index (χ1v) is 8.02. The van der Waals surface area contributed by atoms with Gasteiger partial charge in [-0.1, -0.05) is 24.9 Å². The first-order chi connectivity index (χ1) is 8.79. The molecule has 1 heterocycles. The van der Waals surface area contributed by atoms with Gasteiger partial charge in [0.05, 0.1) is 18.3 Å². The van der Waals surface area contributed by atoms with Crippen LogP contribution < -0.4 is 0 Å². The first-order valence-electron chi connectivity index (χ1n) is 6.87. The Morgan fingerprint density at radius 3 is 2.94 bits per heavy atom. The van der Waals surface area contributed by atoms with E-state index in [1.165, 1.54) is 12.8 Å². The highest BCUT2D eigenvalue weighted by Gasteiger charge is 2.25. The van der Waals surface area contributed by atoms with Crippen molar-refractivity contribution < 1.29 is 9.63 Å². The van der Waals surface area contributed by atoms with Crippen LogP contribution in [0.3, 0.4) is 0 Å². The molecule has 1 unspecified atom stereocenters. The van der Waals surface area contributed by atoms with Crippen molar-refractivity contribution in [3.05, 3.63) is 11.7 Å². The third kappa shape index (κ3) is 3.99. The van der Waals surface area contributed by atoms with Crippen molar-refractivity contribution in [3.8, 4) is 0 Å². The standard InChI is InChI=1S/C13H22N2O2S/c1-2-7-18-9-12-14-13(17-15-12)8-11(16)10-5-3-4-6-10/h10-11,16H,2-9H2,1H3. The van der Waals surface area contributed by atoms with Crippen molar-refractivity contribution >= 4 is 11.8 Å². The molecule has 0 spiro atoms. The Morgan fingerprint density at radius 2 is 2.22 bits per heavy atom. The van der Waals surface area contributed by atoms with Crippen molar-refractivity contribution in [2.75, 3.05) is 5.75 Å². The van der Waals surface area contributed by atoms with Crippen LogP contribution in [0.4, 0.5) is 0 Å². The topological polar surface area (TPSA) is 59.2 Å². The van der Waals surface area contributed by atoms with Gasteiger partial charge >= 0.3 is 0 Å². The fourth-order valence-electron chi connectivity index (χ4n) is 2.43. The van der Waals surface area contributed by atoms with Gasteiger partial charge in [0.2, 0.25) is 5.89 Å². The molecule has 18 heavy (non-hydrogen) atoms. The largest absolute Gasteiger partial charge is 0.392 e. The quantitative estimate of drug-likeness (QED) is 0.772. The monoisotopic (exact) mass is 270 g/mol. The van der Waals surface area contributed by atoms with E-state index in [0.29, 0.717) is 18.2 Å². The van der Waals surface area contributed by atoms with E-state index in [1.54, 1.807) is 0 Å². The molecular weight excluding hydrogens is 248 g/mol. The summed E-state index contributed by atoms with van der Waals surface area (Å²) in [6.45, 7) is 2.16. The average molecular weight is 270 g/mol. The first kappa shape index (κ1) is 13.9. The number of aromatic nitrogens is 2. The molecule has 4 nitrogen and oxygen atoms in total. The minimum absolute atomic E-state index is 0.316. The Morgan fingerprint density at radius 1 is 1.44 bits per heavy atom. The Balaban J connectivity index is 1.78. The van der Waals surface area contributed by atoms with Gasteiger partial charge in [-0.15, -0.1) is 0 Å². The Hall–Kier alpha value is -0.550. The maximum Gasteiger partial charge on any atom is 0.229 e. The molecular formula is C13H22N2O2S. The van der Waals surface area contributed by atoms with Gasteiger partial charge in [0, 0.05) is 0 Å². The van der Waals surface area contributed by atoms with Crippen LogP contribution >= 0.6 is 11.8 Å². The normalized spacial score (nSPS) is 18.3. The Kier molecular flexibility index (Phi) is 5.50. The highest BCUT2D eigenvalue weighted by Crippen LogP contribution is 2.29. The number of hydrogen-bond acceptors (Lipinski definition) is 5. The number of hydrogen-bond donors (Lipinski definition) is 1. The van der Waals surface area contributed by atoms with Crippen LogP contribution in [0.25, 0.3) is 0 Å². The zero-order valence-corrected chi connectivity index (χ0v) is 11.8. The van der Waals surface area contributed by atoms with Gasteiger partial charge in [-0.05, 0) is 30.9 Å². The fraction of sp³-hybridized carbons (Fsp3) is 0.846. The van der Waals surface area contributed by atoms with Gasteiger partial charge in [0.15, 0.2) is 5.82 Å². The zero-order valence-electron chi connectivity index (χ0n) is 11.0. The van der Waals surface area contributed by atoms with Gasteiger partial charge in [-0.3, -0.25) is 0 Å². The highest BCUT2D eigenvalue weighted by atomic mass is 32.2. The summed E-state index contributed by atoms with van der Waals surface area (Å²) in [5.74, 6) is 3.68. The van der Waals surface area contributed by atoms with E-state index in [2.05, 4.69) is 17.1 Å². The molecule has 1 fully saturated rings. The molecule has 0 radical (unpaired) electrons. The molecule has 0 aromatic carbocycles. The van der Waals surface area contributed by atoms with Crippen molar-refractivity contribution in [2.45, 2.75) is 57.3 Å². The maximum absolute atomic E-state index is 10.1. The highest BCUT2D eigenvalue weighted by molar-refractivity contribution is 7.98. The number of thioether (sulfide) groups is 1. The summed E-state index contributed by atoms with van der Waals surface area (Å²) in [6.07, 6.45) is 6.10. The second kappa shape index (κ2) is 7.14. The van der Waals surface area contributed by atoms with E-state index in [9.17, 15) is 5.11 Å². The van der Waals surface area contributed by atoms with E-state index in [4.69, 9.17) is 4.52 Å². The van der Waals surface area contributed by atoms with Crippen molar-refractivity contribution in [1.29, 1.82) is 0 Å². The van der Waals surface area contributed by atoms with Gasteiger partial charge < -0.3 is 9.63 Å². The van der Waals surface area contributed by atoms with E-state index >= 15 is 0 Å². The van der Waals surface area contributed by atoms with E-state index < -0.39 is 0 Å². The smallest absolute Gasteiger partial charge is 0.229 e. The molecule has 0 bridgehead atoms. The summed E-state index contributed by atoms with van der Waals surface area (Å²) in [6, 6.07) is 0. The summed E-state index contributed by atoms with van der Waals surface area (Å²) in [4.78, 5) is 4.33. The maximum atomic E-state index is 10.1.